The van der Waals surface area contributed by atoms with E-state index in [1.165, 1.54) is 31.7 Å². The van der Waals surface area contributed by atoms with Crippen LogP contribution >= 0.6 is 0 Å². The maximum absolute atomic E-state index is 13.1. The lowest BCUT2D eigenvalue weighted by Gasteiger charge is -2.32. The van der Waals surface area contributed by atoms with E-state index in [2.05, 4.69) is 41.6 Å². The van der Waals surface area contributed by atoms with Gasteiger partial charge in [-0.05, 0) is 38.8 Å². The van der Waals surface area contributed by atoms with Crippen LogP contribution in [0.1, 0.15) is 49.7 Å². The second-order valence-corrected chi connectivity index (χ2v) is 7.36. The topological polar surface area (TPSA) is 63.0 Å². The number of aromatic nitrogens is 5. The molecule has 2 fully saturated rings. The van der Waals surface area contributed by atoms with E-state index in [1.54, 1.807) is 0 Å². The molecule has 0 aromatic carbocycles. The summed E-state index contributed by atoms with van der Waals surface area (Å²) in [6, 6.07) is 0. The van der Waals surface area contributed by atoms with Crippen LogP contribution in [0.4, 0.5) is 10.3 Å². The fourth-order valence-electron chi connectivity index (χ4n) is 4.02. The summed E-state index contributed by atoms with van der Waals surface area (Å²) in [7, 11) is 2.07. The lowest BCUT2D eigenvalue weighted by Crippen LogP contribution is -2.36. The van der Waals surface area contributed by atoms with E-state index in [9.17, 15) is 4.39 Å². The Hall–Kier alpha value is -2.09. The first-order valence-electron chi connectivity index (χ1n) is 9.54. The summed E-state index contributed by atoms with van der Waals surface area (Å²) in [5, 5.41) is 8.97. The third-order valence-electron chi connectivity index (χ3n) is 5.49. The molecule has 7 nitrogen and oxygen atoms in total. The molecular weight excluding hydrogens is 333 g/mol. The van der Waals surface area contributed by atoms with Gasteiger partial charge in [0.1, 0.15) is 11.6 Å². The minimum absolute atomic E-state index is 0.296. The van der Waals surface area contributed by atoms with E-state index in [0.717, 1.165) is 57.2 Å². The minimum Gasteiger partial charge on any atom is -0.340 e. The highest BCUT2D eigenvalue weighted by atomic mass is 19.1. The molecule has 8 heteroatoms. The highest BCUT2D eigenvalue weighted by Gasteiger charge is 2.27. The fourth-order valence-corrected chi connectivity index (χ4v) is 4.02. The SMILES string of the molecule is Cn1c(CN2CCCCC2)nnc1[C@@H]1CCCN(c2ncc(F)cn2)C1. The molecule has 1 atom stereocenters. The van der Waals surface area contributed by atoms with Crippen LogP contribution in [0, 0.1) is 5.82 Å². The minimum atomic E-state index is -0.405. The number of halogens is 1. The van der Waals surface area contributed by atoms with Crippen LogP contribution in [0.15, 0.2) is 12.4 Å². The van der Waals surface area contributed by atoms with Crippen LogP contribution in [-0.2, 0) is 13.6 Å². The van der Waals surface area contributed by atoms with E-state index in [-0.39, 0.29) is 0 Å². The molecule has 0 radical (unpaired) electrons. The van der Waals surface area contributed by atoms with Crippen molar-refractivity contribution in [1.82, 2.24) is 29.6 Å². The molecule has 0 saturated carbocycles. The molecule has 4 rings (SSSR count). The Morgan fingerprint density at radius 2 is 1.81 bits per heavy atom. The van der Waals surface area contributed by atoms with Crippen molar-refractivity contribution in [3.05, 3.63) is 29.9 Å². The van der Waals surface area contributed by atoms with E-state index in [0.29, 0.717) is 11.9 Å². The first-order valence-corrected chi connectivity index (χ1v) is 9.54. The van der Waals surface area contributed by atoms with Gasteiger partial charge in [-0.15, -0.1) is 10.2 Å². The molecule has 0 bridgehead atoms. The van der Waals surface area contributed by atoms with Crippen LogP contribution in [-0.4, -0.2) is 55.8 Å². The smallest absolute Gasteiger partial charge is 0.225 e. The van der Waals surface area contributed by atoms with E-state index >= 15 is 0 Å². The Morgan fingerprint density at radius 3 is 2.58 bits per heavy atom. The van der Waals surface area contributed by atoms with Crippen molar-refractivity contribution in [3.63, 3.8) is 0 Å². The predicted molar refractivity (Wildman–Crippen MR) is 96.3 cm³/mol. The fraction of sp³-hybridized carbons (Fsp3) is 0.667. The molecular formula is C18H26FN7. The van der Waals surface area contributed by atoms with Gasteiger partial charge in [-0.1, -0.05) is 6.42 Å². The number of hydrogen-bond donors (Lipinski definition) is 0. The lowest BCUT2D eigenvalue weighted by molar-refractivity contribution is 0.213. The van der Waals surface area contributed by atoms with E-state index in [4.69, 9.17) is 0 Å². The van der Waals surface area contributed by atoms with Crippen LogP contribution < -0.4 is 4.90 Å². The van der Waals surface area contributed by atoms with Crippen molar-refractivity contribution in [3.8, 4) is 0 Å². The van der Waals surface area contributed by atoms with Crippen molar-refractivity contribution in [2.24, 2.45) is 7.05 Å². The summed E-state index contributed by atoms with van der Waals surface area (Å²) in [4.78, 5) is 12.8. The molecule has 0 spiro atoms. The first-order chi connectivity index (χ1) is 12.7. The van der Waals surface area contributed by atoms with Gasteiger partial charge in [-0.25, -0.2) is 14.4 Å². The number of nitrogens with zero attached hydrogens (tertiary/aromatic N) is 7. The average Bonchev–Trinajstić information content (AvgIpc) is 3.04. The second-order valence-electron chi connectivity index (χ2n) is 7.36. The highest BCUT2D eigenvalue weighted by Crippen LogP contribution is 2.28. The Labute approximate surface area is 153 Å². The summed E-state index contributed by atoms with van der Waals surface area (Å²) in [6.45, 7) is 4.87. The van der Waals surface area contributed by atoms with Crippen molar-refractivity contribution in [2.75, 3.05) is 31.1 Å². The van der Waals surface area contributed by atoms with Gasteiger partial charge in [0.25, 0.3) is 0 Å². The number of hydrogen-bond acceptors (Lipinski definition) is 6. The molecule has 2 aliphatic heterocycles. The van der Waals surface area contributed by atoms with Crippen molar-refractivity contribution in [2.45, 2.75) is 44.6 Å². The Bertz CT molecular complexity index is 724. The van der Waals surface area contributed by atoms with Gasteiger partial charge in [0.05, 0.1) is 18.9 Å². The average molecular weight is 359 g/mol. The predicted octanol–water partition coefficient (Wildman–Crippen LogP) is 2.11. The molecule has 2 aliphatic rings. The van der Waals surface area contributed by atoms with Gasteiger partial charge in [0, 0.05) is 26.1 Å². The largest absolute Gasteiger partial charge is 0.340 e. The normalized spacial score (nSPS) is 21.9. The second kappa shape index (κ2) is 7.65. The van der Waals surface area contributed by atoms with Crippen molar-refractivity contribution >= 4 is 5.95 Å². The summed E-state index contributed by atoms with van der Waals surface area (Å²) < 4.78 is 15.2. The van der Waals surface area contributed by atoms with Gasteiger partial charge >= 0.3 is 0 Å². The lowest BCUT2D eigenvalue weighted by atomic mass is 9.97. The molecule has 0 aliphatic carbocycles. The van der Waals surface area contributed by atoms with Crippen LogP contribution in [0.5, 0.6) is 0 Å². The summed E-state index contributed by atoms with van der Waals surface area (Å²) in [5.74, 6) is 2.55. The molecule has 4 heterocycles. The quantitative estimate of drug-likeness (QED) is 0.833. The molecule has 140 valence electrons. The molecule has 2 aromatic heterocycles. The summed E-state index contributed by atoms with van der Waals surface area (Å²) in [6.07, 6.45) is 8.47. The van der Waals surface area contributed by atoms with Crippen LogP contribution in [0.3, 0.4) is 0 Å². The number of anilines is 1. The Morgan fingerprint density at radius 1 is 1.04 bits per heavy atom. The molecule has 2 saturated heterocycles. The molecule has 2 aromatic rings. The monoisotopic (exact) mass is 359 g/mol. The maximum atomic E-state index is 13.1. The van der Waals surface area contributed by atoms with E-state index < -0.39 is 5.82 Å². The van der Waals surface area contributed by atoms with Crippen molar-refractivity contribution in [1.29, 1.82) is 0 Å². The van der Waals surface area contributed by atoms with Gasteiger partial charge in [-0.2, -0.15) is 0 Å². The van der Waals surface area contributed by atoms with Crippen molar-refractivity contribution < 1.29 is 4.39 Å². The number of rotatable bonds is 4. The molecule has 26 heavy (non-hydrogen) atoms. The highest BCUT2D eigenvalue weighted by molar-refractivity contribution is 5.31. The third kappa shape index (κ3) is 3.70. The summed E-state index contributed by atoms with van der Waals surface area (Å²) >= 11 is 0. The Balaban J connectivity index is 1.45. The zero-order valence-electron chi connectivity index (χ0n) is 15.3. The third-order valence-corrected chi connectivity index (χ3v) is 5.49. The maximum Gasteiger partial charge on any atom is 0.225 e. The standard InChI is InChI=1S/C18H26FN7/c1-24-16(13-25-7-3-2-4-8-25)22-23-17(24)14-6-5-9-26(12-14)18-20-10-15(19)11-21-18/h10-11,14H,2-9,12-13H2,1H3/t14-/m1/s1. The molecule has 0 amide bonds. The van der Waals surface area contributed by atoms with E-state index in [1.807, 2.05) is 0 Å². The van der Waals surface area contributed by atoms with Gasteiger partial charge in [-0.3, -0.25) is 4.90 Å². The number of piperidine rings is 2. The Kier molecular flexibility index (Phi) is 5.10. The van der Waals surface area contributed by atoms with Crippen LogP contribution in [0.25, 0.3) is 0 Å². The zero-order chi connectivity index (χ0) is 17.9. The number of likely N-dealkylation sites (tertiary alicyclic amines) is 1. The van der Waals surface area contributed by atoms with Gasteiger partial charge in [0.2, 0.25) is 5.95 Å². The first kappa shape index (κ1) is 17.3. The summed E-state index contributed by atoms with van der Waals surface area (Å²) in [5.41, 5.74) is 0. The molecule has 0 N–H and O–H groups in total. The van der Waals surface area contributed by atoms with Gasteiger partial charge in [0.15, 0.2) is 5.82 Å². The zero-order valence-corrected chi connectivity index (χ0v) is 15.3. The van der Waals surface area contributed by atoms with Crippen LogP contribution in [0.2, 0.25) is 0 Å². The van der Waals surface area contributed by atoms with Gasteiger partial charge < -0.3 is 9.47 Å². The molecule has 0 unspecified atom stereocenters.